The van der Waals surface area contributed by atoms with E-state index >= 15 is 0 Å². The number of methoxy groups -OCH3 is 1. The highest BCUT2D eigenvalue weighted by Crippen LogP contribution is 2.52. The normalized spacial score (nSPS) is 22.5. The van der Waals surface area contributed by atoms with Gasteiger partial charge in [0.1, 0.15) is 23.0 Å². The van der Waals surface area contributed by atoms with Crippen LogP contribution in [0.4, 0.5) is 4.39 Å². The van der Waals surface area contributed by atoms with Gasteiger partial charge in [0.2, 0.25) is 0 Å². The number of amides is 1. The summed E-state index contributed by atoms with van der Waals surface area (Å²) in [6.07, 6.45) is 5.76. The standard InChI is InChI=1S/C32H38FN3O3/c1-5-32-14-16-36(29(32)12-11-28(32)35-31(37)25-17-21(3)13-15-34-25)20-22-18-26(38-4)30(27(19-22)39-6-2)23-7-9-24(33)10-8-23/h7-10,13,15,17-19,28-29H,5-6,11-12,14,16,20H2,1-4H3,(H,35,37). The second-order valence-electron chi connectivity index (χ2n) is 10.8. The lowest BCUT2D eigenvalue weighted by Crippen LogP contribution is -2.48. The van der Waals surface area contributed by atoms with Crippen LogP contribution in [0.3, 0.4) is 0 Å². The van der Waals surface area contributed by atoms with Crippen LogP contribution in [0.5, 0.6) is 11.5 Å². The van der Waals surface area contributed by atoms with Gasteiger partial charge in [0.25, 0.3) is 5.91 Å². The van der Waals surface area contributed by atoms with E-state index in [2.05, 4.69) is 34.3 Å². The van der Waals surface area contributed by atoms with Gasteiger partial charge in [0.05, 0.1) is 19.3 Å². The molecule has 6 nitrogen and oxygen atoms in total. The Morgan fingerprint density at radius 3 is 2.59 bits per heavy atom. The maximum Gasteiger partial charge on any atom is 0.270 e. The Morgan fingerprint density at radius 2 is 1.90 bits per heavy atom. The van der Waals surface area contributed by atoms with Crippen molar-refractivity contribution in [2.75, 3.05) is 20.3 Å². The molecule has 2 aliphatic rings. The number of rotatable bonds is 9. The number of aromatic nitrogens is 1. The monoisotopic (exact) mass is 531 g/mol. The van der Waals surface area contributed by atoms with Crippen molar-refractivity contribution in [3.63, 3.8) is 0 Å². The zero-order valence-corrected chi connectivity index (χ0v) is 23.3. The fourth-order valence-electron chi connectivity index (χ4n) is 6.78. The van der Waals surface area contributed by atoms with Gasteiger partial charge in [-0.25, -0.2) is 4.39 Å². The molecule has 3 atom stereocenters. The van der Waals surface area contributed by atoms with Crippen LogP contribution >= 0.6 is 0 Å². The summed E-state index contributed by atoms with van der Waals surface area (Å²) in [6, 6.07) is 14.9. The Morgan fingerprint density at radius 1 is 1.13 bits per heavy atom. The van der Waals surface area contributed by atoms with E-state index in [1.165, 1.54) is 12.1 Å². The zero-order valence-electron chi connectivity index (χ0n) is 23.3. The quantitative estimate of drug-likeness (QED) is 0.358. The minimum Gasteiger partial charge on any atom is -0.496 e. The number of carbonyl (C=O) groups is 1. The molecule has 2 fully saturated rings. The molecular weight excluding hydrogens is 493 g/mol. The van der Waals surface area contributed by atoms with Crippen molar-refractivity contribution in [3.05, 3.63) is 77.4 Å². The number of nitrogens with one attached hydrogen (secondary N) is 1. The third-order valence-corrected chi connectivity index (χ3v) is 8.67. The van der Waals surface area contributed by atoms with Crippen LogP contribution in [0.1, 0.15) is 61.1 Å². The van der Waals surface area contributed by atoms with Gasteiger partial charge in [-0.2, -0.15) is 0 Å². The number of likely N-dealkylation sites (tertiary alicyclic amines) is 1. The van der Waals surface area contributed by atoms with Crippen molar-refractivity contribution in [1.29, 1.82) is 0 Å². The molecular formula is C32H38FN3O3. The molecule has 1 saturated carbocycles. The summed E-state index contributed by atoms with van der Waals surface area (Å²) in [7, 11) is 1.66. The van der Waals surface area contributed by atoms with Crippen molar-refractivity contribution >= 4 is 5.91 Å². The van der Waals surface area contributed by atoms with Crippen LogP contribution < -0.4 is 14.8 Å². The van der Waals surface area contributed by atoms with Gasteiger partial charge in [-0.05, 0) is 99.2 Å². The molecule has 7 heteroatoms. The number of aryl methyl sites for hydroxylation is 1. The summed E-state index contributed by atoms with van der Waals surface area (Å²) < 4.78 is 25.5. The van der Waals surface area contributed by atoms with Gasteiger partial charge < -0.3 is 14.8 Å². The number of nitrogens with zero attached hydrogens (tertiary/aromatic N) is 2. The SMILES string of the molecule is CCOc1cc(CN2CCC3(CC)C(NC(=O)c4cc(C)ccn4)CCC23)cc(OC)c1-c1ccc(F)cc1. The molecule has 5 rings (SSSR count). The molecule has 1 aliphatic carbocycles. The number of fused-ring (bicyclic) bond motifs is 1. The Bertz CT molecular complexity index is 1330. The van der Waals surface area contributed by atoms with E-state index in [-0.39, 0.29) is 23.2 Å². The van der Waals surface area contributed by atoms with Gasteiger partial charge in [-0.1, -0.05) is 19.1 Å². The third-order valence-electron chi connectivity index (χ3n) is 8.67. The number of ether oxygens (including phenoxy) is 2. The highest BCUT2D eigenvalue weighted by atomic mass is 19.1. The maximum atomic E-state index is 13.6. The first kappa shape index (κ1) is 27.1. The Kier molecular flexibility index (Phi) is 7.89. The molecule has 206 valence electrons. The predicted octanol–water partition coefficient (Wildman–Crippen LogP) is 6.17. The minimum atomic E-state index is -0.276. The summed E-state index contributed by atoms with van der Waals surface area (Å²) in [5.74, 6) is 1.09. The van der Waals surface area contributed by atoms with Gasteiger partial charge in [-0.15, -0.1) is 0 Å². The zero-order chi connectivity index (χ0) is 27.6. The summed E-state index contributed by atoms with van der Waals surface area (Å²) >= 11 is 0. The van der Waals surface area contributed by atoms with Crippen molar-refractivity contribution in [1.82, 2.24) is 15.2 Å². The van der Waals surface area contributed by atoms with Crippen LogP contribution in [-0.2, 0) is 6.54 Å². The van der Waals surface area contributed by atoms with E-state index in [1.54, 1.807) is 25.4 Å². The number of pyridine rings is 1. The number of carbonyl (C=O) groups excluding carboxylic acids is 1. The lowest BCUT2D eigenvalue weighted by atomic mass is 9.76. The average Bonchev–Trinajstić information content (AvgIpc) is 3.47. The molecule has 2 heterocycles. The molecule has 1 saturated heterocycles. The topological polar surface area (TPSA) is 63.7 Å². The van der Waals surface area contributed by atoms with Crippen molar-refractivity contribution in [3.8, 4) is 22.6 Å². The molecule has 1 amide bonds. The van der Waals surface area contributed by atoms with Gasteiger partial charge in [0.15, 0.2) is 0 Å². The summed E-state index contributed by atoms with van der Waals surface area (Å²) in [5, 5.41) is 3.35. The molecule has 1 aliphatic heterocycles. The summed E-state index contributed by atoms with van der Waals surface area (Å²) in [6.45, 7) is 8.45. The highest BCUT2D eigenvalue weighted by Gasteiger charge is 2.55. The van der Waals surface area contributed by atoms with Crippen LogP contribution in [0.2, 0.25) is 0 Å². The van der Waals surface area contributed by atoms with E-state index in [9.17, 15) is 9.18 Å². The highest BCUT2D eigenvalue weighted by molar-refractivity contribution is 5.92. The van der Waals surface area contributed by atoms with Crippen molar-refractivity contribution < 1.29 is 18.7 Å². The fourth-order valence-corrected chi connectivity index (χ4v) is 6.78. The molecule has 2 aromatic carbocycles. The second-order valence-corrected chi connectivity index (χ2v) is 10.8. The largest absolute Gasteiger partial charge is 0.496 e. The summed E-state index contributed by atoms with van der Waals surface area (Å²) in [5.41, 5.74) is 4.36. The van der Waals surface area contributed by atoms with E-state index < -0.39 is 0 Å². The smallest absolute Gasteiger partial charge is 0.270 e. The lowest BCUT2D eigenvalue weighted by molar-refractivity contribution is 0.0869. The average molecular weight is 532 g/mol. The van der Waals surface area contributed by atoms with E-state index in [4.69, 9.17) is 9.47 Å². The third kappa shape index (κ3) is 5.24. The molecule has 0 radical (unpaired) electrons. The second kappa shape index (κ2) is 11.3. The van der Waals surface area contributed by atoms with Gasteiger partial charge in [0, 0.05) is 30.2 Å². The predicted molar refractivity (Wildman–Crippen MR) is 151 cm³/mol. The van der Waals surface area contributed by atoms with Crippen LogP contribution in [-0.4, -0.2) is 48.1 Å². The van der Waals surface area contributed by atoms with Crippen LogP contribution in [0.15, 0.2) is 54.7 Å². The minimum absolute atomic E-state index is 0.0420. The first-order valence-corrected chi connectivity index (χ1v) is 14.0. The number of halogens is 1. The Labute approximate surface area is 230 Å². The fraction of sp³-hybridized carbons (Fsp3) is 0.438. The van der Waals surface area contributed by atoms with Crippen LogP contribution in [0, 0.1) is 18.2 Å². The van der Waals surface area contributed by atoms with Crippen molar-refractivity contribution in [2.45, 2.75) is 65.1 Å². The molecule has 0 bridgehead atoms. The summed E-state index contributed by atoms with van der Waals surface area (Å²) in [4.78, 5) is 19.9. The number of benzene rings is 2. The number of hydrogen-bond acceptors (Lipinski definition) is 5. The van der Waals surface area contributed by atoms with E-state index in [0.29, 0.717) is 24.1 Å². The maximum absolute atomic E-state index is 13.6. The molecule has 39 heavy (non-hydrogen) atoms. The van der Waals surface area contributed by atoms with Crippen molar-refractivity contribution in [2.24, 2.45) is 5.41 Å². The first-order chi connectivity index (χ1) is 18.9. The molecule has 3 aromatic rings. The molecule has 0 spiro atoms. The van der Waals surface area contributed by atoms with Crippen LogP contribution in [0.25, 0.3) is 11.1 Å². The van der Waals surface area contributed by atoms with Gasteiger partial charge >= 0.3 is 0 Å². The van der Waals surface area contributed by atoms with E-state index in [0.717, 1.165) is 66.8 Å². The number of hydrogen-bond donors (Lipinski definition) is 1. The van der Waals surface area contributed by atoms with E-state index in [1.807, 2.05) is 26.0 Å². The first-order valence-electron chi connectivity index (χ1n) is 14.0. The van der Waals surface area contributed by atoms with Gasteiger partial charge in [-0.3, -0.25) is 14.7 Å². The molecule has 3 unspecified atom stereocenters. The Balaban J connectivity index is 1.38. The molecule has 1 N–H and O–H groups in total. The lowest BCUT2D eigenvalue weighted by Gasteiger charge is -2.36. The molecule has 1 aromatic heterocycles. The Hall–Kier alpha value is -3.45.